The number of cyclic esters (lactones) is 1. The SMILES string of the molecule is COc1cc2[nH]c(=O)c([C@H](C)Nc3nc(C)nc(N4C(=O)OC[C@]4(C)c4ccccc4)n3)cc2cc1Cl. The van der Waals surface area contributed by atoms with E-state index in [4.69, 9.17) is 21.1 Å². The molecular formula is C26H25ClN6O4. The number of amides is 1. The number of benzene rings is 2. The molecule has 2 aromatic heterocycles. The third kappa shape index (κ3) is 4.44. The molecule has 190 valence electrons. The summed E-state index contributed by atoms with van der Waals surface area (Å²) in [5.41, 5.74) is 0.879. The van der Waals surface area contributed by atoms with Crippen molar-refractivity contribution in [3.8, 4) is 5.75 Å². The Morgan fingerprint density at radius 1 is 1.16 bits per heavy atom. The summed E-state index contributed by atoms with van der Waals surface area (Å²) in [6.45, 7) is 5.58. The van der Waals surface area contributed by atoms with Crippen LogP contribution in [-0.2, 0) is 10.3 Å². The van der Waals surface area contributed by atoms with Crippen LogP contribution in [0.1, 0.15) is 36.8 Å². The number of H-pyrrole nitrogens is 1. The zero-order chi connectivity index (χ0) is 26.3. The summed E-state index contributed by atoms with van der Waals surface area (Å²) in [5, 5.41) is 4.35. The van der Waals surface area contributed by atoms with Crippen LogP contribution in [-0.4, -0.2) is 39.7 Å². The van der Waals surface area contributed by atoms with Gasteiger partial charge in [-0.3, -0.25) is 4.79 Å². The van der Waals surface area contributed by atoms with E-state index in [0.717, 1.165) is 10.9 Å². The molecule has 37 heavy (non-hydrogen) atoms. The predicted octanol–water partition coefficient (Wildman–Crippen LogP) is 4.73. The highest BCUT2D eigenvalue weighted by molar-refractivity contribution is 6.32. The number of halogens is 1. The van der Waals surface area contributed by atoms with Gasteiger partial charge in [0.05, 0.1) is 23.7 Å². The number of hydrogen-bond donors (Lipinski definition) is 2. The molecule has 1 aliphatic rings. The van der Waals surface area contributed by atoms with Crippen LogP contribution in [0.5, 0.6) is 5.75 Å². The minimum Gasteiger partial charge on any atom is -0.495 e. The summed E-state index contributed by atoms with van der Waals surface area (Å²) >= 11 is 6.28. The monoisotopic (exact) mass is 520 g/mol. The Kier molecular flexibility index (Phi) is 6.20. The van der Waals surface area contributed by atoms with Gasteiger partial charge in [-0.2, -0.15) is 15.0 Å². The number of fused-ring (bicyclic) bond motifs is 1. The van der Waals surface area contributed by atoms with Crippen LogP contribution in [0.4, 0.5) is 16.7 Å². The van der Waals surface area contributed by atoms with Gasteiger partial charge in [0.15, 0.2) is 0 Å². The fourth-order valence-corrected chi connectivity index (χ4v) is 4.70. The van der Waals surface area contributed by atoms with Crippen molar-refractivity contribution in [1.29, 1.82) is 0 Å². The zero-order valence-corrected chi connectivity index (χ0v) is 21.5. The lowest BCUT2D eigenvalue weighted by Gasteiger charge is -2.30. The van der Waals surface area contributed by atoms with Crippen LogP contribution in [0.3, 0.4) is 0 Å². The molecule has 5 rings (SSSR count). The minimum absolute atomic E-state index is 0.152. The lowest BCUT2D eigenvalue weighted by Crippen LogP contribution is -2.43. The molecule has 0 bridgehead atoms. The molecule has 1 fully saturated rings. The second-order valence-corrected chi connectivity index (χ2v) is 9.44. The van der Waals surface area contributed by atoms with Crippen LogP contribution in [0.2, 0.25) is 5.02 Å². The van der Waals surface area contributed by atoms with Gasteiger partial charge < -0.3 is 19.8 Å². The predicted molar refractivity (Wildman–Crippen MR) is 140 cm³/mol. The largest absolute Gasteiger partial charge is 0.495 e. The molecule has 0 radical (unpaired) electrons. The number of aryl methyl sites for hydroxylation is 1. The molecule has 0 saturated carbocycles. The number of carbonyl (C=O) groups excluding carboxylic acids is 1. The Morgan fingerprint density at radius 3 is 2.65 bits per heavy atom. The summed E-state index contributed by atoms with van der Waals surface area (Å²) < 4.78 is 10.6. The maximum atomic E-state index is 12.9. The lowest BCUT2D eigenvalue weighted by atomic mass is 9.92. The Hall–Kier alpha value is -4.18. The van der Waals surface area contributed by atoms with Gasteiger partial charge in [-0.15, -0.1) is 0 Å². The van der Waals surface area contributed by atoms with Gasteiger partial charge >= 0.3 is 6.09 Å². The Bertz CT molecular complexity index is 1560. The third-order valence-corrected chi connectivity index (χ3v) is 6.74. The van der Waals surface area contributed by atoms with E-state index in [1.54, 1.807) is 25.1 Å². The molecule has 3 heterocycles. The number of rotatable bonds is 6. The molecule has 0 spiro atoms. The van der Waals surface area contributed by atoms with E-state index in [1.807, 2.05) is 44.2 Å². The van der Waals surface area contributed by atoms with Crippen LogP contribution in [0.25, 0.3) is 10.9 Å². The highest BCUT2D eigenvalue weighted by Crippen LogP contribution is 2.37. The quantitative estimate of drug-likeness (QED) is 0.374. The van der Waals surface area contributed by atoms with Crippen molar-refractivity contribution >= 4 is 40.5 Å². The summed E-state index contributed by atoms with van der Waals surface area (Å²) in [6.07, 6.45) is -0.547. The summed E-state index contributed by atoms with van der Waals surface area (Å²) in [6, 6.07) is 14.3. The number of nitrogens with one attached hydrogen (secondary N) is 2. The number of aromatic amines is 1. The van der Waals surface area contributed by atoms with Crippen molar-refractivity contribution in [3.05, 3.63) is 80.9 Å². The first-order valence-electron chi connectivity index (χ1n) is 11.6. The molecule has 1 amide bonds. The standard InChI is InChI=1S/C26H25ClN6O4/c1-14(18-10-16-11-19(27)21(36-4)12-20(16)31-22(18)34)28-23-29-15(2)30-24(32-23)33-25(35)37-13-26(33,3)17-8-6-5-7-9-17/h5-12,14H,13H2,1-4H3,(H,31,34)(H,28,29,30,32)/t14-,26+/m0/s1. The zero-order valence-electron chi connectivity index (χ0n) is 20.7. The first kappa shape index (κ1) is 24.5. The number of hydrogen-bond acceptors (Lipinski definition) is 8. The molecule has 11 heteroatoms. The van der Waals surface area contributed by atoms with Gasteiger partial charge in [0.2, 0.25) is 11.9 Å². The van der Waals surface area contributed by atoms with E-state index in [9.17, 15) is 9.59 Å². The van der Waals surface area contributed by atoms with Crippen molar-refractivity contribution in [1.82, 2.24) is 19.9 Å². The fourth-order valence-electron chi connectivity index (χ4n) is 4.45. The Labute approximate surface area is 217 Å². The molecule has 2 aromatic carbocycles. The normalized spacial score (nSPS) is 18.1. The van der Waals surface area contributed by atoms with Gasteiger partial charge in [-0.25, -0.2) is 9.69 Å². The molecule has 4 aromatic rings. The third-order valence-electron chi connectivity index (χ3n) is 6.44. The number of methoxy groups -OCH3 is 1. The average Bonchev–Trinajstić information content (AvgIpc) is 3.18. The van der Waals surface area contributed by atoms with Crippen LogP contribution in [0.15, 0.2) is 53.3 Å². The van der Waals surface area contributed by atoms with Crippen LogP contribution >= 0.6 is 11.6 Å². The molecule has 0 aliphatic carbocycles. The maximum absolute atomic E-state index is 12.9. The van der Waals surface area contributed by atoms with Gasteiger partial charge in [0.1, 0.15) is 23.7 Å². The second-order valence-electron chi connectivity index (χ2n) is 9.03. The minimum atomic E-state index is -0.801. The topological polar surface area (TPSA) is 122 Å². The smallest absolute Gasteiger partial charge is 0.417 e. The average molecular weight is 521 g/mol. The summed E-state index contributed by atoms with van der Waals surface area (Å²) in [5.74, 6) is 1.25. The molecular weight excluding hydrogens is 496 g/mol. The molecule has 2 N–H and O–H groups in total. The molecule has 10 nitrogen and oxygen atoms in total. The van der Waals surface area contributed by atoms with E-state index in [-0.39, 0.29) is 24.1 Å². The first-order valence-corrected chi connectivity index (χ1v) is 12.0. The van der Waals surface area contributed by atoms with Crippen LogP contribution in [0, 0.1) is 6.92 Å². The number of nitrogens with zero attached hydrogens (tertiary/aromatic N) is 4. The van der Waals surface area contributed by atoms with Crippen molar-refractivity contribution in [2.24, 2.45) is 0 Å². The highest BCUT2D eigenvalue weighted by Gasteiger charge is 2.47. The van der Waals surface area contributed by atoms with E-state index < -0.39 is 17.7 Å². The van der Waals surface area contributed by atoms with E-state index >= 15 is 0 Å². The number of ether oxygens (including phenoxy) is 2. The Balaban J connectivity index is 1.48. The summed E-state index contributed by atoms with van der Waals surface area (Å²) in [4.78, 5) is 43.3. The lowest BCUT2D eigenvalue weighted by molar-refractivity contribution is 0.174. The van der Waals surface area contributed by atoms with Crippen LogP contribution < -0.4 is 20.5 Å². The molecule has 1 aliphatic heterocycles. The number of aromatic nitrogens is 4. The number of pyridine rings is 1. The second kappa shape index (κ2) is 9.36. The van der Waals surface area contributed by atoms with Crippen molar-refractivity contribution < 1.29 is 14.3 Å². The highest BCUT2D eigenvalue weighted by atomic mass is 35.5. The van der Waals surface area contributed by atoms with Gasteiger partial charge in [-0.05, 0) is 38.5 Å². The Morgan fingerprint density at radius 2 is 1.92 bits per heavy atom. The van der Waals surface area contributed by atoms with E-state index in [1.165, 1.54) is 12.0 Å². The number of carbonyl (C=O) groups is 1. The molecule has 1 saturated heterocycles. The van der Waals surface area contributed by atoms with Crippen molar-refractivity contribution in [3.63, 3.8) is 0 Å². The van der Waals surface area contributed by atoms with E-state index in [2.05, 4.69) is 25.3 Å². The van der Waals surface area contributed by atoms with Crippen molar-refractivity contribution in [2.75, 3.05) is 23.9 Å². The molecule has 2 atom stereocenters. The fraction of sp³-hybridized carbons (Fsp3) is 0.269. The van der Waals surface area contributed by atoms with E-state index in [0.29, 0.717) is 27.7 Å². The van der Waals surface area contributed by atoms with Crippen molar-refractivity contribution in [2.45, 2.75) is 32.4 Å². The van der Waals surface area contributed by atoms with Gasteiger partial charge in [0.25, 0.3) is 5.56 Å². The maximum Gasteiger partial charge on any atom is 0.417 e. The van der Waals surface area contributed by atoms with Gasteiger partial charge in [-0.1, -0.05) is 41.9 Å². The molecule has 0 unspecified atom stereocenters. The summed E-state index contributed by atoms with van der Waals surface area (Å²) in [7, 11) is 1.51. The van der Waals surface area contributed by atoms with Gasteiger partial charge in [0, 0.05) is 17.0 Å². The number of anilines is 2. The first-order chi connectivity index (χ1) is 17.7.